The molecule has 0 aromatic rings. The average Bonchev–Trinajstić information content (AvgIpc) is 3.12. The molecule has 10 heteroatoms. The Balaban J connectivity index is 4.25. The summed E-state index contributed by atoms with van der Waals surface area (Å²) in [5.41, 5.74) is 0. The van der Waals surface area contributed by atoms with Crippen LogP contribution in [-0.4, -0.2) is 52.3 Å². The molecule has 0 saturated carbocycles. The van der Waals surface area contributed by atoms with Crippen molar-refractivity contribution < 1.29 is 43.0 Å². The number of carbonyl (C=O) groups excluding carboxylic acids is 2. The van der Waals surface area contributed by atoms with Crippen LogP contribution < -0.4 is 0 Å². The van der Waals surface area contributed by atoms with E-state index in [0.717, 1.165) is 38.5 Å². The highest BCUT2D eigenvalue weighted by atomic mass is 31.2. The van der Waals surface area contributed by atoms with E-state index < -0.39 is 38.6 Å². The zero-order valence-corrected chi connectivity index (χ0v) is 33.1. The van der Waals surface area contributed by atoms with E-state index in [1.807, 2.05) is 48.6 Å². The maximum absolute atomic E-state index is 12.4. The van der Waals surface area contributed by atoms with Gasteiger partial charge < -0.3 is 24.4 Å². The molecule has 0 amide bonds. The van der Waals surface area contributed by atoms with Gasteiger partial charge in [0.05, 0.1) is 12.7 Å². The quantitative estimate of drug-likeness (QED) is 0.0196. The van der Waals surface area contributed by atoms with E-state index in [4.69, 9.17) is 19.3 Å². The van der Waals surface area contributed by atoms with E-state index in [1.165, 1.54) is 19.3 Å². The van der Waals surface area contributed by atoms with Crippen LogP contribution in [0.4, 0.5) is 0 Å². The molecule has 0 fully saturated rings. The van der Waals surface area contributed by atoms with Gasteiger partial charge in [0, 0.05) is 12.8 Å². The predicted octanol–water partition coefficient (Wildman–Crippen LogP) is 10.6. The first-order valence-electron chi connectivity index (χ1n) is 19.3. The fourth-order valence-corrected chi connectivity index (χ4v) is 4.84. The molecular weight excluding hydrogens is 691 g/mol. The van der Waals surface area contributed by atoms with E-state index in [0.29, 0.717) is 38.5 Å². The van der Waals surface area contributed by atoms with Crippen molar-refractivity contribution in [3.63, 3.8) is 0 Å². The molecule has 53 heavy (non-hydrogen) atoms. The van der Waals surface area contributed by atoms with Crippen molar-refractivity contribution in [2.75, 3.05) is 13.2 Å². The summed E-state index contributed by atoms with van der Waals surface area (Å²) in [7, 11) is -4.80. The van der Waals surface area contributed by atoms with Crippen molar-refractivity contribution in [2.45, 2.75) is 135 Å². The van der Waals surface area contributed by atoms with E-state index in [1.54, 1.807) is 6.08 Å². The highest BCUT2D eigenvalue weighted by Gasteiger charge is 2.22. The molecule has 0 aromatic carbocycles. The van der Waals surface area contributed by atoms with Gasteiger partial charge in [-0.1, -0.05) is 136 Å². The van der Waals surface area contributed by atoms with E-state index in [2.05, 4.69) is 73.1 Å². The summed E-state index contributed by atoms with van der Waals surface area (Å²) in [6, 6.07) is 0. The number of aliphatic hydroxyl groups is 1. The molecule has 0 aliphatic carbocycles. The van der Waals surface area contributed by atoms with Gasteiger partial charge in [-0.05, 0) is 83.5 Å². The smallest absolute Gasteiger partial charge is 0.462 e. The molecule has 3 N–H and O–H groups in total. The Bertz CT molecular complexity index is 1230. The van der Waals surface area contributed by atoms with Gasteiger partial charge in [0.1, 0.15) is 6.61 Å². The van der Waals surface area contributed by atoms with Gasteiger partial charge in [0.15, 0.2) is 6.10 Å². The second kappa shape index (κ2) is 37.0. The minimum Gasteiger partial charge on any atom is -0.462 e. The predicted molar refractivity (Wildman–Crippen MR) is 217 cm³/mol. The number of carbonyl (C=O) groups is 2. The Morgan fingerprint density at radius 1 is 0.604 bits per heavy atom. The van der Waals surface area contributed by atoms with Crippen molar-refractivity contribution in [3.8, 4) is 0 Å². The van der Waals surface area contributed by atoms with Crippen LogP contribution in [0.1, 0.15) is 123 Å². The number of hydrogen-bond donors (Lipinski definition) is 3. The maximum Gasteiger partial charge on any atom is 0.469 e. The maximum atomic E-state index is 12.4. The first-order valence-corrected chi connectivity index (χ1v) is 20.8. The van der Waals surface area contributed by atoms with Crippen molar-refractivity contribution in [2.24, 2.45) is 0 Å². The third-order valence-electron chi connectivity index (χ3n) is 7.36. The summed E-state index contributed by atoms with van der Waals surface area (Å²) >= 11 is 0. The van der Waals surface area contributed by atoms with Gasteiger partial charge in [-0.2, -0.15) is 0 Å². The highest BCUT2D eigenvalue weighted by molar-refractivity contribution is 7.46. The number of phosphoric acid groups is 1. The SMILES string of the molecule is CC/C=C\C/C=C\C/C=C\C/C=C\C/C=C\CCCC(=O)O[C@H](COC(=O)CCC/C=C/C/C=C\C[C@H](O)/C=C\C=C/CCCCC)COP(=O)(O)O. The standard InChI is InChI=1S/C43H67O9P/c1-3-5-7-9-11-12-13-14-15-16-17-18-19-20-24-29-33-37-43(46)52-41(39-51-53(47,48)49)38-50-42(45)36-32-28-25-21-23-27-31-35-40(44)34-30-26-22-10-8-6-4-2/h5,7,11-12,14-15,17-18,20-22,24-27,30-31,34,40-41,44H,3-4,6,8-10,13,16,19,23,28-29,32-33,35-39H2,1-2H3,(H2,47,48,49)/b7-5-,12-11-,15-14-,18-17-,24-20-,25-21+,26-22-,31-27-,34-30-/t40-,41-/m1/s1. The molecule has 298 valence electrons. The largest absolute Gasteiger partial charge is 0.469 e. The number of phosphoric ester groups is 1. The molecule has 0 spiro atoms. The summed E-state index contributed by atoms with van der Waals surface area (Å²) < 4.78 is 26.2. The molecule has 0 saturated heterocycles. The topological polar surface area (TPSA) is 140 Å². The molecule has 0 aliphatic heterocycles. The van der Waals surface area contributed by atoms with Crippen LogP contribution in [0.25, 0.3) is 0 Å². The van der Waals surface area contributed by atoms with Gasteiger partial charge in [-0.3, -0.25) is 14.1 Å². The molecule has 0 bridgehead atoms. The molecule has 0 radical (unpaired) electrons. The van der Waals surface area contributed by atoms with Crippen LogP contribution in [0.3, 0.4) is 0 Å². The molecule has 2 atom stereocenters. The normalized spacial score (nSPS) is 14.3. The lowest BCUT2D eigenvalue weighted by atomic mass is 10.2. The summed E-state index contributed by atoms with van der Waals surface area (Å²) in [5, 5.41) is 10.0. The Morgan fingerprint density at radius 2 is 1.11 bits per heavy atom. The molecule has 0 aromatic heterocycles. The first kappa shape index (κ1) is 49.7. The van der Waals surface area contributed by atoms with Gasteiger partial charge in [0.2, 0.25) is 0 Å². The zero-order valence-electron chi connectivity index (χ0n) is 32.2. The number of esters is 2. The number of hydrogen-bond acceptors (Lipinski definition) is 7. The van der Waals surface area contributed by atoms with Crippen molar-refractivity contribution in [3.05, 3.63) is 109 Å². The zero-order chi connectivity index (χ0) is 39.1. The Kier molecular flexibility index (Phi) is 34.7. The Hall–Kier alpha value is -3.33. The van der Waals surface area contributed by atoms with Gasteiger partial charge in [-0.15, -0.1) is 0 Å². The number of ether oxygens (including phenoxy) is 2. The lowest BCUT2D eigenvalue weighted by molar-refractivity contribution is -0.161. The molecule has 0 rings (SSSR count). The summed E-state index contributed by atoms with van der Waals surface area (Å²) in [4.78, 5) is 42.7. The second-order valence-corrected chi connectivity index (χ2v) is 13.6. The fourth-order valence-electron chi connectivity index (χ4n) is 4.48. The molecule has 0 unspecified atom stereocenters. The molecule has 0 heterocycles. The van der Waals surface area contributed by atoms with Crippen molar-refractivity contribution >= 4 is 19.8 Å². The first-order chi connectivity index (χ1) is 25.7. The molecule has 9 nitrogen and oxygen atoms in total. The number of rotatable bonds is 33. The van der Waals surface area contributed by atoms with E-state index in [-0.39, 0.29) is 19.4 Å². The van der Waals surface area contributed by atoms with E-state index >= 15 is 0 Å². The van der Waals surface area contributed by atoms with Gasteiger partial charge >= 0.3 is 19.8 Å². The highest BCUT2D eigenvalue weighted by Crippen LogP contribution is 2.35. The van der Waals surface area contributed by atoms with Crippen LogP contribution in [0.15, 0.2) is 109 Å². The Morgan fingerprint density at radius 3 is 1.66 bits per heavy atom. The third-order valence-corrected chi connectivity index (χ3v) is 7.84. The minimum absolute atomic E-state index is 0.102. The average molecular weight is 759 g/mol. The summed E-state index contributed by atoms with van der Waals surface area (Å²) in [6.45, 7) is 3.34. The molecule has 0 aliphatic rings. The van der Waals surface area contributed by atoms with Gasteiger partial charge in [0.25, 0.3) is 0 Å². The van der Waals surface area contributed by atoms with Crippen LogP contribution in [-0.2, 0) is 28.2 Å². The second-order valence-electron chi connectivity index (χ2n) is 12.4. The van der Waals surface area contributed by atoms with Crippen LogP contribution in [0.5, 0.6) is 0 Å². The van der Waals surface area contributed by atoms with Crippen LogP contribution in [0, 0.1) is 0 Å². The third kappa shape index (κ3) is 39.7. The van der Waals surface area contributed by atoms with E-state index in [9.17, 15) is 19.3 Å². The number of unbranched alkanes of at least 4 members (excludes halogenated alkanes) is 5. The number of aliphatic hydroxyl groups excluding tert-OH is 1. The summed E-state index contributed by atoms with van der Waals surface area (Å²) in [6.07, 6.45) is 48.4. The van der Waals surface area contributed by atoms with Gasteiger partial charge in [-0.25, -0.2) is 4.57 Å². The number of allylic oxidation sites excluding steroid dienone is 16. The van der Waals surface area contributed by atoms with Crippen molar-refractivity contribution in [1.82, 2.24) is 0 Å². The molecular formula is C43H67O9P. The lowest BCUT2D eigenvalue weighted by Crippen LogP contribution is -2.29. The summed E-state index contributed by atoms with van der Waals surface area (Å²) in [5.74, 6) is -1.07. The van der Waals surface area contributed by atoms with Crippen molar-refractivity contribution in [1.29, 1.82) is 0 Å². The lowest BCUT2D eigenvalue weighted by Gasteiger charge is -2.18. The monoisotopic (exact) mass is 758 g/mol. The Labute approximate surface area is 319 Å². The minimum atomic E-state index is -4.80. The van der Waals surface area contributed by atoms with Crippen LogP contribution in [0.2, 0.25) is 0 Å². The van der Waals surface area contributed by atoms with Crippen LogP contribution >= 0.6 is 7.82 Å². The fraction of sp³-hybridized carbons (Fsp3) is 0.535.